The van der Waals surface area contributed by atoms with E-state index in [1.807, 2.05) is 0 Å². The van der Waals surface area contributed by atoms with Gasteiger partial charge in [-0.05, 0) is 24.7 Å². The van der Waals surface area contributed by atoms with Crippen LogP contribution in [0, 0.1) is 11.8 Å². The fourth-order valence-corrected chi connectivity index (χ4v) is 3.11. The Morgan fingerprint density at radius 2 is 2.00 bits per heavy atom. The number of hydrogen-bond acceptors (Lipinski definition) is 1. The van der Waals surface area contributed by atoms with Crippen LogP contribution in [0.5, 0.6) is 0 Å². The molecule has 0 aliphatic heterocycles. The Bertz CT molecular complexity index is 151. The molecule has 1 nitrogen and oxygen atoms in total. The lowest BCUT2D eigenvalue weighted by atomic mass is 9.68. The second-order valence-corrected chi connectivity index (χ2v) is 4.95. The zero-order valence-corrected chi connectivity index (χ0v) is 9.47. The molecule has 1 saturated carbocycles. The lowest BCUT2D eigenvalue weighted by molar-refractivity contribution is 0.151. The SMILES string of the molecule is CCC(CC)C1(N)CCCC(C)C1. The summed E-state index contributed by atoms with van der Waals surface area (Å²) in [4.78, 5) is 0. The summed E-state index contributed by atoms with van der Waals surface area (Å²) >= 11 is 0. The van der Waals surface area contributed by atoms with Crippen LogP contribution in [0.15, 0.2) is 0 Å². The van der Waals surface area contributed by atoms with Crippen molar-refractivity contribution in [1.82, 2.24) is 0 Å². The number of hydrogen-bond donors (Lipinski definition) is 1. The van der Waals surface area contributed by atoms with Crippen LogP contribution >= 0.6 is 0 Å². The van der Waals surface area contributed by atoms with Gasteiger partial charge < -0.3 is 5.73 Å². The van der Waals surface area contributed by atoms with Gasteiger partial charge in [0, 0.05) is 5.54 Å². The highest BCUT2D eigenvalue weighted by molar-refractivity contribution is 4.94. The summed E-state index contributed by atoms with van der Waals surface area (Å²) in [5.41, 5.74) is 6.68. The molecule has 1 rings (SSSR count). The quantitative estimate of drug-likeness (QED) is 0.713. The predicted octanol–water partition coefficient (Wildman–Crippen LogP) is 3.33. The van der Waals surface area contributed by atoms with E-state index in [4.69, 9.17) is 5.73 Å². The third-order valence-electron chi connectivity index (χ3n) is 3.87. The Balaban J connectivity index is 2.61. The lowest BCUT2D eigenvalue weighted by Crippen LogP contribution is -2.50. The van der Waals surface area contributed by atoms with Gasteiger partial charge in [-0.2, -0.15) is 0 Å². The molecule has 78 valence electrons. The van der Waals surface area contributed by atoms with E-state index in [2.05, 4.69) is 20.8 Å². The molecule has 2 atom stereocenters. The first-order valence-corrected chi connectivity index (χ1v) is 5.91. The van der Waals surface area contributed by atoms with Crippen molar-refractivity contribution in [3.63, 3.8) is 0 Å². The summed E-state index contributed by atoms with van der Waals surface area (Å²) in [5, 5.41) is 0. The smallest absolute Gasteiger partial charge is 0.0185 e. The van der Waals surface area contributed by atoms with Crippen LogP contribution in [0.2, 0.25) is 0 Å². The summed E-state index contributed by atoms with van der Waals surface area (Å²) in [6.45, 7) is 6.91. The molecular weight excluding hydrogens is 158 g/mol. The van der Waals surface area contributed by atoms with Crippen molar-refractivity contribution in [2.45, 2.75) is 64.8 Å². The molecule has 0 bridgehead atoms. The molecule has 1 aliphatic rings. The van der Waals surface area contributed by atoms with Gasteiger partial charge >= 0.3 is 0 Å². The maximum atomic E-state index is 6.51. The zero-order valence-electron chi connectivity index (χ0n) is 9.47. The fraction of sp³-hybridized carbons (Fsp3) is 1.00. The third kappa shape index (κ3) is 2.46. The van der Waals surface area contributed by atoms with Crippen molar-refractivity contribution in [2.75, 3.05) is 0 Å². The molecule has 0 amide bonds. The minimum atomic E-state index is 0.168. The molecular formula is C12H25N. The van der Waals surface area contributed by atoms with Gasteiger partial charge in [-0.3, -0.25) is 0 Å². The summed E-state index contributed by atoms with van der Waals surface area (Å²) < 4.78 is 0. The van der Waals surface area contributed by atoms with Crippen molar-refractivity contribution >= 4 is 0 Å². The maximum absolute atomic E-state index is 6.51. The molecule has 0 aromatic heterocycles. The highest BCUT2D eigenvalue weighted by Gasteiger charge is 2.36. The van der Waals surface area contributed by atoms with Crippen molar-refractivity contribution in [1.29, 1.82) is 0 Å². The van der Waals surface area contributed by atoms with E-state index in [9.17, 15) is 0 Å². The molecule has 1 aliphatic carbocycles. The Hall–Kier alpha value is -0.0400. The van der Waals surface area contributed by atoms with Crippen LogP contribution in [-0.4, -0.2) is 5.54 Å². The molecule has 0 aromatic rings. The highest BCUT2D eigenvalue weighted by atomic mass is 14.8. The van der Waals surface area contributed by atoms with Gasteiger partial charge in [0.05, 0.1) is 0 Å². The van der Waals surface area contributed by atoms with Crippen molar-refractivity contribution < 1.29 is 0 Å². The summed E-state index contributed by atoms with van der Waals surface area (Å²) in [7, 11) is 0. The molecule has 0 heterocycles. The molecule has 1 heteroatoms. The van der Waals surface area contributed by atoms with E-state index in [0.29, 0.717) is 0 Å². The van der Waals surface area contributed by atoms with E-state index in [1.54, 1.807) is 0 Å². The topological polar surface area (TPSA) is 26.0 Å². The monoisotopic (exact) mass is 183 g/mol. The molecule has 0 aromatic carbocycles. The Morgan fingerprint density at radius 3 is 2.46 bits per heavy atom. The molecule has 0 radical (unpaired) electrons. The first-order chi connectivity index (χ1) is 6.12. The van der Waals surface area contributed by atoms with Crippen molar-refractivity contribution in [3.05, 3.63) is 0 Å². The van der Waals surface area contributed by atoms with Crippen molar-refractivity contribution in [2.24, 2.45) is 17.6 Å². The van der Waals surface area contributed by atoms with Crippen LogP contribution in [0.3, 0.4) is 0 Å². The Labute approximate surface area is 83.1 Å². The standard InChI is InChI=1S/C12H25N/c1-4-11(5-2)12(13)8-6-7-10(3)9-12/h10-11H,4-9,13H2,1-3H3. The first kappa shape index (κ1) is 11.0. The fourth-order valence-electron chi connectivity index (χ4n) is 3.11. The van der Waals surface area contributed by atoms with E-state index in [-0.39, 0.29) is 5.54 Å². The van der Waals surface area contributed by atoms with Gasteiger partial charge in [-0.15, -0.1) is 0 Å². The maximum Gasteiger partial charge on any atom is 0.0185 e. The van der Waals surface area contributed by atoms with E-state index in [1.165, 1.54) is 38.5 Å². The Morgan fingerprint density at radius 1 is 1.38 bits per heavy atom. The molecule has 0 spiro atoms. The predicted molar refractivity (Wildman–Crippen MR) is 58.6 cm³/mol. The normalized spacial score (nSPS) is 35.3. The van der Waals surface area contributed by atoms with Crippen LogP contribution in [0.1, 0.15) is 59.3 Å². The third-order valence-corrected chi connectivity index (χ3v) is 3.87. The second kappa shape index (κ2) is 4.45. The van der Waals surface area contributed by atoms with E-state index >= 15 is 0 Å². The average Bonchev–Trinajstić information content (AvgIpc) is 2.05. The zero-order chi connectivity index (χ0) is 9.90. The minimum absolute atomic E-state index is 0.168. The summed E-state index contributed by atoms with van der Waals surface area (Å²) in [5.74, 6) is 1.59. The van der Waals surface area contributed by atoms with Crippen LogP contribution in [0.25, 0.3) is 0 Å². The Kier molecular flexibility index (Phi) is 3.78. The van der Waals surface area contributed by atoms with E-state index < -0.39 is 0 Å². The lowest BCUT2D eigenvalue weighted by Gasteiger charge is -2.42. The van der Waals surface area contributed by atoms with Gasteiger partial charge in [0.15, 0.2) is 0 Å². The van der Waals surface area contributed by atoms with Gasteiger partial charge in [0.1, 0.15) is 0 Å². The molecule has 2 N–H and O–H groups in total. The minimum Gasteiger partial charge on any atom is -0.325 e. The second-order valence-electron chi connectivity index (χ2n) is 4.95. The summed E-state index contributed by atoms with van der Waals surface area (Å²) in [6.07, 6.45) is 7.73. The van der Waals surface area contributed by atoms with Gasteiger partial charge in [0.2, 0.25) is 0 Å². The largest absolute Gasteiger partial charge is 0.325 e. The first-order valence-electron chi connectivity index (χ1n) is 5.91. The van der Waals surface area contributed by atoms with Crippen LogP contribution < -0.4 is 5.73 Å². The van der Waals surface area contributed by atoms with Gasteiger partial charge in [0.25, 0.3) is 0 Å². The molecule has 0 saturated heterocycles. The number of rotatable bonds is 3. The summed E-state index contributed by atoms with van der Waals surface area (Å²) in [6, 6.07) is 0. The van der Waals surface area contributed by atoms with Crippen LogP contribution in [0.4, 0.5) is 0 Å². The van der Waals surface area contributed by atoms with Crippen molar-refractivity contribution in [3.8, 4) is 0 Å². The van der Waals surface area contributed by atoms with E-state index in [0.717, 1.165) is 11.8 Å². The van der Waals surface area contributed by atoms with Gasteiger partial charge in [-0.25, -0.2) is 0 Å². The van der Waals surface area contributed by atoms with Gasteiger partial charge in [-0.1, -0.05) is 46.5 Å². The molecule has 2 unspecified atom stereocenters. The van der Waals surface area contributed by atoms with Crippen LogP contribution in [-0.2, 0) is 0 Å². The molecule has 1 fully saturated rings. The highest BCUT2D eigenvalue weighted by Crippen LogP contribution is 2.38. The molecule has 13 heavy (non-hydrogen) atoms. The average molecular weight is 183 g/mol. The number of nitrogens with two attached hydrogens (primary N) is 1.